The molecule has 13 heteroatoms. The van der Waals surface area contributed by atoms with Crippen LogP contribution in [0.4, 0.5) is 0 Å². The fourth-order valence-electron chi connectivity index (χ4n) is 6.29. The molecule has 4 N–H and O–H groups in total. The zero-order chi connectivity index (χ0) is 44.1. The van der Waals surface area contributed by atoms with Crippen LogP contribution >= 0.6 is 0 Å². The van der Waals surface area contributed by atoms with Crippen molar-refractivity contribution in [2.75, 3.05) is 19.0 Å². The molecule has 0 spiro atoms. The number of esters is 2. The van der Waals surface area contributed by atoms with Crippen molar-refractivity contribution in [3.05, 3.63) is 72.9 Å². The molecule has 1 aliphatic heterocycles. The molecule has 0 saturated carbocycles. The molecule has 0 aromatic heterocycles. The van der Waals surface area contributed by atoms with Crippen molar-refractivity contribution in [2.24, 2.45) is 0 Å². The van der Waals surface area contributed by atoms with Gasteiger partial charge in [-0.15, -0.1) is 0 Å². The first kappa shape index (κ1) is 55.1. The number of hydrogen-bond donors (Lipinski definition) is 4. The molecule has 0 aromatic rings. The number of aliphatic hydroxyl groups is 3. The molecule has 0 radical (unpaired) electrons. The minimum absolute atomic E-state index is 0.0796. The van der Waals surface area contributed by atoms with Gasteiger partial charge in [0, 0.05) is 12.8 Å². The lowest BCUT2D eigenvalue weighted by molar-refractivity contribution is -0.297. The van der Waals surface area contributed by atoms with Crippen molar-refractivity contribution in [2.45, 2.75) is 192 Å². The molecule has 1 aliphatic rings. The minimum Gasteiger partial charge on any atom is -0.462 e. The third-order valence-electron chi connectivity index (χ3n) is 9.77. The second-order valence-corrected chi connectivity index (χ2v) is 16.8. The van der Waals surface area contributed by atoms with Crippen molar-refractivity contribution in [3.8, 4) is 0 Å². The predicted octanol–water partition coefficient (Wildman–Crippen LogP) is 9.11. The van der Waals surface area contributed by atoms with Crippen LogP contribution in [0, 0.1) is 0 Å². The van der Waals surface area contributed by atoms with E-state index in [-0.39, 0.29) is 19.4 Å². The summed E-state index contributed by atoms with van der Waals surface area (Å²) in [5, 5.41) is 30.9. The minimum atomic E-state index is -4.61. The number of allylic oxidation sites excluding steroid dienone is 12. The molecule has 0 aromatic carbocycles. The first-order chi connectivity index (χ1) is 29.0. The van der Waals surface area contributed by atoms with Crippen LogP contribution in [0.5, 0.6) is 0 Å². The van der Waals surface area contributed by atoms with E-state index in [9.17, 15) is 37.9 Å². The van der Waals surface area contributed by atoms with Gasteiger partial charge in [-0.3, -0.25) is 14.1 Å². The van der Waals surface area contributed by atoms with Gasteiger partial charge in [-0.1, -0.05) is 138 Å². The van der Waals surface area contributed by atoms with E-state index in [4.69, 9.17) is 18.9 Å². The highest BCUT2D eigenvalue weighted by atomic mass is 32.2. The number of ether oxygens (including phenoxy) is 4. The molecule has 1 rings (SSSR count). The topological polar surface area (TPSA) is 186 Å². The Morgan fingerprint density at radius 1 is 0.583 bits per heavy atom. The summed E-state index contributed by atoms with van der Waals surface area (Å²) in [4.78, 5) is 25.4. The third kappa shape index (κ3) is 31.0. The smallest absolute Gasteiger partial charge is 0.306 e. The maximum absolute atomic E-state index is 12.8. The summed E-state index contributed by atoms with van der Waals surface area (Å²) >= 11 is 0. The summed E-state index contributed by atoms with van der Waals surface area (Å²) in [7, 11) is -4.61. The zero-order valence-corrected chi connectivity index (χ0v) is 37.3. The molecule has 1 fully saturated rings. The van der Waals surface area contributed by atoms with Gasteiger partial charge in [0.15, 0.2) is 12.4 Å². The van der Waals surface area contributed by atoms with Crippen LogP contribution in [0.2, 0.25) is 0 Å². The van der Waals surface area contributed by atoms with Crippen molar-refractivity contribution in [3.63, 3.8) is 0 Å². The predicted molar refractivity (Wildman–Crippen MR) is 238 cm³/mol. The van der Waals surface area contributed by atoms with E-state index in [1.165, 1.54) is 51.4 Å². The standard InChI is InChI=1S/C47H78O12S/c1-3-5-7-9-11-13-15-17-19-20-22-24-26-28-30-32-34-36-43(49)58-40(38-57-47-46(52)45(51)44(50)41(59-47)39-60(53,54)55)37-56-42(48)35-33-31-29-27-25-23-21-18-16-14-12-10-8-6-4-2/h5,7,11,13,17,19,22-25,28,30,40-41,44-47,50-52H,3-4,6,8-10,12,14-16,18,20-21,26-27,29,31-39H2,1-2H3,(H,53,54,55)/b7-5+,13-11+,19-17+,24-22+,25-23+,30-28+/t40-,41-,44-,45?,46?,47+/m1/s1. The monoisotopic (exact) mass is 867 g/mol. The fourth-order valence-corrected chi connectivity index (χ4v) is 6.98. The Bertz CT molecular complexity index is 1390. The summed E-state index contributed by atoms with van der Waals surface area (Å²) in [5.41, 5.74) is 0. The lowest BCUT2D eigenvalue weighted by Gasteiger charge is -2.40. The Kier molecular flexibility index (Phi) is 33.7. The Morgan fingerprint density at radius 2 is 1.07 bits per heavy atom. The van der Waals surface area contributed by atoms with Crippen molar-refractivity contribution >= 4 is 22.1 Å². The lowest BCUT2D eigenvalue weighted by Crippen LogP contribution is -2.60. The molecule has 60 heavy (non-hydrogen) atoms. The van der Waals surface area contributed by atoms with E-state index in [2.05, 4.69) is 74.6 Å². The molecule has 6 atom stereocenters. The Balaban J connectivity index is 2.52. The maximum atomic E-state index is 12.8. The molecule has 344 valence electrons. The molecular weight excluding hydrogens is 789 g/mol. The molecule has 0 bridgehead atoms. The van der Waals surface area contributed by atoms with Crippen LogP contribution in [-0.2, 0) is 38.7 Å². The van der Waals surface area contributed by atoms with E-state index < -0.39 is 71.2 Å². The second kappa shape index (κ2) is 36.7. The van der Waals surface area contributed by atoms with Gasteiger partial charge in [-0.25, -0.2) is 0 Å². The van der Waals surface area contributed by atoms with Crippen LogP contribution in [0.3, 0.4) is 0 Å². The van der Waals surface area contributed by atoms with Gasteiger partial charge in [0.2, 0.25) is 0 Å². The van der Waals surface area contributed by atoms with E-state index in [1.807, 2.05) is 12.2 Å². The average Bonchev–Trinajstić information content (AvgIpc) is 3.21. The van der Waals surface area contributed by atoms with Gasteiger partial charge in [0.1, 0.15) is 36.8 Å². The van der Waals surface area contributed by atoms with Gasteiger partial charge < -0.3 is 34.3 Å². The van der Waals surface area contributed by atoms with Crippen LogP contribution in [0.25, 0.3) is 0 Å². The largest absolute Gasteiger partial charge is 0.462 e. The number of rotatable bonds is 36. The number of carbonyl (C=O) groups excluding carboxylic acids is 2. The molecular formula is C47H78O12S. The number of aliphatic hydroxyl groups excluding tert-OH is 3. The highest BCUT2D eigenvalue weighted by Crippen LogP contribution is 2.24. The van der Waals surface area contributed by atoms with E-state index >= 15 is 0 Å². The summed E-state index contributed by atoms with van der Waals surface area (Å²) in [6.45, 7) is 3.57. The fraction of sp³-hybridized carbons (Fsp3) is 0.702. The molecule has 0 amide bonds. The Morgan fingerprint density at radius 3 is 1.63 bits per heavy atom. The van der Waals surface area contributed by atoms with E-state index in [0.717, 1.165) is 57.8 Å². The summed E-state index contributed by atoms with van der Waals surface area (Å²) in [6, 6.07) is 0. The van der Waals surface area contributed by atoms with Gasteiger partial charge in [0.05, 0.1) is 6.61 Å². The molecule has 1 heterocycles. The second-order valence-electron chi connectivity index (χ2n) is 15.3. The van der Waals surface area contributed by atoms with Gasteiger partial charge in [0.25, 0.3) is 10.1 Å². The van der Waals surface area contributed by atoms with E-state index in [0.29, 0.717) is 19.3 Å². The van der Waals surface area contributed by atoms with Crippen molar-refractivity contribution in [1.82, 2.24) is 0 Å². The number of unbranched alkanes of at least 4 members (excludes halogenated alkanes) is 12. The number of carbonyl (C=O) groups is 2. The maximum Gasteiger partial charge on any atom is 0.306 e. The summed E-state index contributed by atoms with van der Waals surface area (Å²) in [5.74, 6) is -2.09. The highest BCUT2D eigenvalue weighted by Gasteiger charge is 2.46. The third-order valence-corrected chi connectivity index (χ3v) is 10.5. The zero-order valence-electron chi connectivity index (χ0n) is 36.5. The SMILES string of the molecule is CC/C=C/C/C=C/C/C=C/C/C=C/C/C=C/CCCC(=O)O[C@H](COC(=O)CCCCC/C=C/CCCCCCCCCC)CO[C@H]1O[C@H](CS(=O)(=O)O)[C@@H](O)C(O)C1O. The van der Waals surface area contributed by atoms with Gasteiger partial charge in [-0.2, -0.15) is 8.42 Å². The molecule has 2 unspecified atom stereocenters. The van der Waals surface area contributed by atoms with Crippen LogP contribution in [-0.4, -0.2) is 96.0 Å². The molecule has 0 aliphatic carbocycles. The summed E-state index contributed by atoms with van der Waals surface area (Å²) in [6.07, 6.45) is 36.7. The first-order valence-corrected chi connectivity index (χ1v) is 24.1. The van der Waals surface area contributed by atoms with Crippen LogP contribution in [0.15, 0.2) is 72.9 Å². The normalized spacial score (nSPS) is 20.8. The molecule has 12 nitrogen and oxygen atoms in total. The molecule has 1 saturated heterocycles. The number of hydrogen-bond acceptors (Lipinski definition) is 11. The van der Waals surface area contributed by atoms with Crippen LogP contribution < -0.4 is 0 Å². The Labute approximate surface area is 361 Å². The first-order valence-electron chi connectivity index (χ1n) is 22.5. The summed E-state index contributed by atoms with van der Waals surface area (Å²) < 4.78 is 54.0. The van der Waals surface area contributed by atoms with Crippen molar-refractivity contribution < 1.29 is 56.8 Å². The van der Waals surface area contributed by atoms with E-state index in [1.54, 1.807) is 0 Å². The Hall–Kier alpha value is -2.91. The average molecular weight is 867 g/mol. The van der Waals surface area contributed by atoms with Gasteiger partial charge >= 0.3 is 11.9 Å². The lowest BCUT2D eigenvalue weighted by atomic mass is 10.00. The van der Waals surface area contributed by atoms with Gasteiger partial charge in [-0.05, 0) is 77.0 Å². The van der Waals surface area contributed by atoms with Crippen molar-refractivity contribution in [1.29, 1.82) is 0 Å². The highest BCUT2D eigenvalue weighted by molar-refractivity contribution is 7.85. The quantitative estimate of drug-likeness (QED) is 0.0203. The van der Waals surface area contributed by atoms with Crippen LogP contribution in [0.1, 0.15) is 155 Å².